The van der Waals surface area contributed by atoms with Crippen LogP contribution < -0.4 is 9.88 Å². The molecule has 1 aromatic heterocycles. The first kappa shape index (κ1) is 23.8. The Morgan fingerprint density at radius 1 is 1.22 bits per heavy atom. The molecule has 0 bridgehead atoms. The van der Waals surface area contributed by atoms with Gasteiger partial charge < -0.3 is 9.15 Å². The van der Waals surface area contributed by atoms with Gasteiger partial charge in [0.25, 0.3) is 5.89 Å². The maximum Gasteiger partial charge on any atom is 0.274 e. The van der Waals surface area contributed by atoms with Crippen LogP contribution in [0.25, 0.3) is 22.6 Å². The molecular formula is C21H19N3O5S3. The number of ether oxygens (including phenoxy) is 1. The average molecular weight is 490 g/mol. The highest BCUT2D eigenvalue weighted by atomic mass is 32.2. The van der Waals surface area contributed by atoms with Gasteiger partial charge in [0.1, 0.15) is 11.4 Å². The van der Waals surface area contributed by atoms with E-state index in [0.717, 1.165) is 10.6 Å². The first-order chi connectivity index (χ1) is 15.2. The lowest BCUT2D eigenvalue weighted by Crippen LogP contribution is -2.17. The van der Waals surface area contributed by atoms with Crippen molar-refractivity contribution in [2.75, 3.05) is 19.9 Å². The molecule has 8 nitrogen and oxygen atoms in total. The molecule has 0 aliphatic carbocycles. The number of primary sulfonamides is 1. The van der Waals surface area contributed by atoms with Crippen LogP contribution in [0.4, 0.5) is 0 Å². The Morgan fingerprint density at radius 2 is 1.84 bits per heavy atom. The number of hydrogen-bond acceptors (Lipinski definition) is 8. The molecule has 0 atom stereocenters. The van der Waals surface area contributed by atoms with Gasteiger partial charge in [0.05, 0.1) is 17.8 Å². The third-order valence-corrected chi connectivity index (χ3v) is 6.51. The molecule has 1 heterocycles. The van der Waals surface area contributed by atoms with Crippen molar-refractivity contribution in [3.05, 3.63) is 54.4 Å². The summed E-state index contributed by atoms with van der Waals surface area (Å²) in [7, 11) is -0.796. The van der Waals surface area contributed by atoms with Crippen molar-refractivity contribution in [3.8, 4) is 40.2 Å². The third kappa shape index (κ3) is 5.87. The number of nitrogens with two attached hydrogens (primary N) is 1. The van der Waals surface area contributed by atoms with Crippen LogP contribution in [0.2, 0.25) is 0 Å². The lowest BCUT2D eigenvalue weighted by molar-refractivity contribution is 0.0205. The number of thiocarbonyl (C=S) groups is 1. The number of nitrogens with zero attached hydrogens (tertiary/aromatic N) is 2. The fourth-order valence-electron chi connectivity index (χ4n) is 2.61. The Kier molecular flexibility index (Phi) is 7.55. The zero-order valence-corrected chi connectivity index (χ0v) is 19.6. The maximum absolute atomic E-state index is 11.6. The summed E-state index contributed by atoms with van der Waals surface area (Å²) in [6, 6.07) is 13.3. The lowest BCUT2D eigenvalue weighted by atomic mass is 10.1. The van der Waals surface area contributed by atoms with Crippen molar-refractivity contribution in [1.82, 2.24) is 10.0 Å². The van der Waals surface area contributed by atoms with Gasteiger partial charge in [-0.1, -0.05) is 29.9 Å². The maximum atomic E-state index is 11.6. The first-order valence-corrected chi connectivity index (χ1v) is 12.0. The molecule has 0 radical (unpaired) electrons. The SMILES string of the molecule is COc1ccc(-c2nc(C#CCSC(=S)N(C)O)oc2-c2ccc(S(N)(=O)=O)cc2)cc1. The standard InChI is InChI=1S/C21H19N3O5S3/c1-24(25)21(30)31-13-3-4-18-23-19(14-5-9-16(28-2)10-6-14)20(29-18)15-7-11-17(12-8-15)32(22,26)27/h5-12,25H,13H2,1-2H3,(H2,22,26,27). The van der Waals surface area contributed by atoms with Gasteiger partial charge >= 0.3 is 0 Å². The van der Waals surface area contributed by atoms with Crippen LogP contribution >= 0.6 is 24.0 Å². The Hall–Kier alpha value is -2.88. The number of methoxy groups -OCH3 is 1. The number of oxazole rings is 1. The summed E-state index contributed by atoms with van der Waals surface area (Å²) >= 11 is 6.19. The van der Waals surface area contributed by atoms with E-state index in [4.69, 9.17) is 26.5 Å². The van der Waals surface area contributed by atoms with Crippen LogP contribution in [-0.4, -0.2) is 47.9 Å². The van der Waals surface area contributed by atoms with Crippen molar-refractivity contribution < 1.29 is 22.8 Å². The second-order valence-corrected chi connectivity index (χ2v) is 9.55. The van der Waals surface area contributed by atoms with Crippen molar-refractivity contribution in [3.63, 3.8) is 0 Å². The summed E-state index contributed by atoms with van der Waals surface area (Å²) in [6.07, 6.45) is 0. The fourth-order valence-corrected chi connectivity index (χ4v) is 3.76. The van der Waals surface area contributed by atoms with Gasteiger partial charge in [-0.05, 0) is 54.5 Å². The van der Waals surface area contributed by atoms with Gasteiger partial charge in [-0.3, -0.25) is 5.21 Å². The second-order valence-electron chi connectivity index (χ2n) is 6.37. The van der Waals surface area contributed by atoms with Gasteiger partial charge in [0.2, 0.25) is 10.0 Å². The zero-order chi connectivity index (χ0) is 23.3. The number of rotatable bonds is 5. The molecule has 0 aliphatic heterocycles. The van der Waals surface area contributed by atoms with E-state index in [0.29, 0.717) is 32.8 Å². The Labute approximate surface area is 195 Å². The minimum absolute atomic E-state index is 0.00590. The topological polar surface area (TPSA) is 119 Å². The fraction of sp³-hybridized carbons (Fsp3) is 0.143. The van der Waals surface area contributed by atoms with E-state index in [9.17, 15) is 13.6 Å². The Morgan fingerprint density at radius 3 is 2.41 bits per heavy atom. The molecular weight excluding hydrogens is 470 g/mol. The molecule has 166 valence electrons. The smallest absolute Gasteiger partial charge is 0.274 e. The Balaban J connectivity index is 1.97. The van der Waals surface area contributed by atoms with Crippen molar-refractivity contribution in [2.24, 2.45) is 5.14 Å². The average Bonchev–Trinajstić information content (AvgIpc) is 3.20. The number of aromatic nitrogens is 1. The van der Waals surface area contributed by atoms with Crippen LogP contribution in [-0.2, 0) is 10.0 Å². The number of benzene rings is 2. The second kappa shape index (κ2) is 10.2. The van der Waals surface area contributed by atoms with E-state index in [1.165, 1.54) is 30.9 Å². The number of hydrogen-bond donors (Lipinski definition) is 2. The van der Waals surface area contributed by atoms with Gasteiger partial charge in [-0.2, -0.15) is 0 Å². The van der Waals surface area contributed by atoms with Crippen molar-refractivity contribution >= 4 is 38.3 Å². The number of hydroxylamine groups is 2. The summed E-state index contributed by atoms with van der Waals surface area (Å²) in [5.41, 5.74) is 1.92. The third-order valence-electron chi connectivity index (χ3n) is 4.16. The molecule has 0 amide bonds. The normalized spacial score (nSPS) is 10.9. The minimum atomic E-state index is -3.81. The summed E-state index contributed by atoms with van der Waals surface area (Å²) in [5, 5.41) is 15.3. The van der Waals surface area contributed by atoms with Crippen molar-refractivity contribution in [2.45, 2.75) is 4.90 Å². The number of sulfonamides is 1. The minimum Gasteiger partial charge on any atom is -0.497 e. The Bertz CT molecular complexity index is 1270. The van der Waals surface area contributed by atoms with Crippen LogP contribution in [0, 0.1) is 11.8 Å². The molecule has 3 rings (SSSR count). The van der Waals surface area contributed by atoms with Crippen LogP contribution in [0.5, 0.6) is 5.75 Å². The molecule has 32 heavy (non-hydrogen) atoms. The van der Waals surface area contributed by atoms with E-state index in [2.05, 4.69) is 16.8 Å². The van der Waals surface area contributed by atoms with Gasteiger partial charge in [-0.15, -0.1) is 0 Å². The summed E-state index contributed by atoms with van der Waals surface area (Å²) in [6.45, 7) is 0. The highest BCUT2D eigenvalue weighted by Crippen LogP contribution is 2.33. The quantitative estimate of drug-likeness (QED) is 0.316. The predicted molar refractivity (Wildman–Crippen MR) is 127 cm³/mol. The molecule has 3 N–H and O–H groups in total. The van der Waals surface area contributed by atoms with E-state index < -0.39 is 10.0 Å². The largest absolute Gasteiger partial charge is 0.497 e. The molecule has 0 unspecified atom stereocenters. The van der Waals surface area contributed by atoms with Crippen LogP contribution in [0.1, 0.15) is 5.89 Å². The molecule has 0 saturated heterocycles. The van der Waals surface area contributed by atoms with E-state index in [-0.39, 0.29) is 10.8 Å². The van der Waals surface area contributed by atoms with E-state index in [1.807, 2.05) is 12.1 Å². The summed E-state index contributed by atoms with van der Waals surface area (Å²) in [5.74, 6) is 7.39. The molecule has 11 heteroatoms. The van der Waals surface area contributed by atoms with E-state index in [1.54, 1.807) is 31.4 Å². The molecule has 2 aromatic carbocycles. The highest BCUT2D eigenvalue weighted by Gasteiger charge is 2.17. The zero-order valence-electron chi connectivity index (χ0n) is 17.1. The molecule has 0 aliphatic rings. The molecule has 0 saturated carbocycles. The molecule has 0 spiro atoms. The van der Waals surface area contributed by atoms with Gasteiger partial charge in [0, 0.05) is 18.2 Å². The van der Waals surface area contributed by atoms with Crippen molar-refractivity contribution in [1.29, 1.82) is 0 Å². The highest BCUT2D eigenvalue weighted by molar-refractivity contribution is 8.23. The van der Waals surface area contributed by atoms with Gasteiger partial charge in [-0.25, -0.2) is 23.6 Å². The van der Waals surface area contributed by atoms with E-state index >= 15 is 0 Å². The number of thioether (sulfide) groups is 1. The molecule has 0 fully saturated rings. The summed E-state index contributed by atoms with van der Waals surface area (Å²) in [4.78, 5) is 4.50. The monoisotopic (exact) mass is 489 g/mol. The van der Waals surface area contributed by atoms with Gasteiger partial charge in [0.15, 0.2) is 10.1 Å². The lowest BCUT2D eigenvalue weighted by Gasteiger charge is -2.07. The predicted octanol–water partition coefficient (Wildman–Crippen LogP) is 3.36. The summed E-state index contributed by atoms with van der Waals surface area (Å²) < 4.78 is 34.5. The van der Waals surface area contributed by atoms with Crippen LogP contribution in [0.15, 0.2) is 57.8 Å². The first-order valence-electron chi connectivity index (χ1n) is 9.06. The van der Waals surface area contributed by atoms with Crippen LogP contribution in [0.3, 0.4) is 0 Å². The molecule has 3 aromatic rings.